The Labute approximate surface area is 199 Å². The first-order chi connectivity index (χ1) is 15.8. The molecule has 0 aliphatic carbocycles. The number of amides is 3. The summed E-state index contributed by atoms with van der Waals surface area (Å²) in [4.78, 5) is 49.8. The van der Waals surface area contributed by atoms with Crippen molar-refractivity contribution in [2.45, 2.75) is 64.7 Å². The van der Waals surface area contributed by atoms with Crippen LogP contribution in [0, 0.1) is 11.8 Å². The van der Waals surface area contributed by atoms with Gasteiger partial charge in [-0.05, 0) is 36.0 Å². The van der Waals surface area contributed by atoms with E-state index in [-0.39, 0.29) is 30.4 Å². The second-order valence-corrected chi connectivity index (χ2v) is 8.98. The SMILES string of the molecule is CC(C)CC(NC(=O)C(Cc1ccc(O)cc1)NC(=O)C(NC(=O)C(N)CO)C(C)C)C(=O)O. The molecule has 11 heteroatoms. The van der Waals surface area contributed by atoms with E-state index in [4.69, 9.17) is 10.8 Å². The summed E-state index contributed by atoms with van der Waals surface area (Å²) in [7, 11) is 0. The van der Waals surface area contributed by atoms with Gasteiger partial charge >= 0.3 is 5.97 Å². The van der Waals surface area contributed by atoms with Gasteiger partial charge in [0.2, 0.25) is 17.7 Å². The maximum absolute atomic E-state index is 13.0. The number of phenols is 1. The minimum Gasteiger partial charge on any atom is -0.508 e. The number of nitrogens with one attached hydrogen (secondary N) is 3. The number of phenolic OH excluding ortho intramolecular Hbond substituents is 1. The van der Waals surface area contributed by atoms with Gasteiger partial charge in [0.05, 0.1) is 6.61 Å². The molecule has 0 aromatic heterocycles. The number of carbonyl (C=O) groups excluding carboxylic acids is 3. The van der Waals surface area contributed by atoms with Gasteiger partial charge in [-0.25, -0.2) is 4.79 Å². The van der Waals surface area contributed by atoms with Crippen molar-refractivity contribution in [2.75, 3.05) is 6.61 Å². The highest BCUT2D eigenvalue weighted by molar-refractivity contribution is 5.94. The van der Waals surface area contributed by atoms with Crippen LogP contribution in [0.3, 0.4) is 0 Å². The van der Waals surface area contributed by atoms with Gasteiger partial charge in [0.1, 0.15) is 29.9 Å². The van der Waals surface area contributed by atoms with Gasteiger partial charge in [0.15, 0.2) is 0 Å². The fourth-order valence-corrected chi connectivity index (χ4v) is 3.18. The van der Waals surface area contributed by atoms with Crippen LogP contribution in [0.25, 0.3) is 0 Å². The Morgan fingerprint density at radius 2 is 1.44 bits per heavy atom. The number of aliphatic carboxylic acids is 1. The molecule has 0 heterocycles. The van der Waals surface area contributed by atoms with Crippen LogP contribution in [0.4, 0.5) is 0 Å². The molecule has 1 aromatic rings. The summed E-state index contributed by atoms with van der Waals surface area (Å²) in [5.41, 5.74) is 6.13. The number of aliphatic hydroxyl groups excluding tert-OH is 1. The van der Waals surface area contributed by atoms with Gasteiger partial charge in [-0.3, -0.25) is 14.4 Å². The van der Waals surface area contributed by atoms with Crippen LogP contribution in [-0.4, -0.2) is 69.8 Å². The summed E-state index contributed by atoms with van der Waals surface area (Å²) in [5, 5.41) is 35.6. The average molecular weight is 481 g/mol. The molecule has 1 rings (SSSR count). The molecule has 0 aliphatic heterocycles. The number of carboxylic acid groups (broad SMARTS) is 1. The molecular weight excluding hydrogens is 444 g/mol. The summed E-state index contributed by atoms with van der Waals surface area (Å²) >= 11 is 0. The van der Waals surface area contributed by atoms with E-state index < -0.39 is 54.5 Å². The van der Waals surface area contributed by atoms with Crippen molar-refractivity contribution in [3.8, 4) is 5.75 Å². The minimum absolute atomic E-state index is 0.00260. The zero-order chi connectivity index (χ0) is 26.0. The van der Waals surface area contributed by atoms with Gasteiger partial charge in [-0.1, -0.05) is 39.8 Å². The minimum atomic E-state index is -1.21. The van der Waals surface area contributed by atoms with Crippen molar-refractivity contribution in [3.05, 3.63) is 29.8 Å². The van der Waals surface area contributed by atoms with Gasteiger partial charge in [-0.2, -0.15) is 0 Å². The molecule has 34 heavy (non-hydrogen) atoms. The summed E-state index contributed by atoms with van der Waals surface area (Å²) < 4.78 is 0. The number of carbonyl (C=O) groups is 4. The van der Waals surface area contributed by atoms with Crippen LogP contribution >= 0.6 is 0 Å². The van der Waals surface area contributed by atoms with Crippen molar-refractivity contribution in [1.82, 2.24) is 16.0 Å². The van der Waals surface area contributed by atoms with Gasteiger partial charge in [-0.15, -0.1) is 0 Å². The predicted molar refractivity (Wildman–Crippen MR) is 125 cm³/mol. The van der Waals surface area contributed by atoms with E-state index in [1.807, 2.05) is 13.8 Å². The number of carboxylic acids is 1. The van der Waals surface area contributed by atoms with Crippen molar-refractivity contribution in [3.63, 3.8) is 0 Å². The predicted octanol–water partition coefficient (Wildman–Crippen LogP) is -0.505. The van der Waals surface area contributed by atoms with Crippen LogP contribution in [0.15, 0.2) is 24.3 Å². The molecule has 3 amide bonds. The zero-order valence-electron chi connectivity index (χ0n) is 19.9. The summed E-state index contributed by atoms with van der Waals surface area (Å²) in [5.74, 6) is -3.62. The van der Waals surface area contributed by atoms with E-state index in [0.717, 1.165) is 0 Å². The topological polar surface area (TPSA) is 191 Å². The third-order valence-electron chi connectivity index (χ3n) is 5.11. The first kappa shape index (κ1) is 28.9. The van der Waals surface area contributed by atoms with Crippen molar-refractivity contribution < 1.29 is 34.5 Å². The van der Waals surface area contributed by atoms with Crippen LogP contribution in [0.2, 0.25) is 0 Å². The van der Waals surface area contributed by atoms with Crippen molar-refractivity contribution in [1.29, 1.82) is 0 Å². The number of nitrogens with two attached hydrogens (primary N) is 1. The number of hydrogen-bond donors (Lipinski definition) is 7. The molecule has 0 spiro atoms. The lowest BCUT2D eigenvalue weighted by Crippen LogP contribution is -2.59. The molecule has 8 N–H and O–H groups in total. The fourth-order valence-electron chi connectivity index (χ4n) is 3.18. The maximum Gasteiger partial charge on any atom is 0.326 e. The standard InChI is InChI=1S/C23H36N4O7/c1-12(2)9-18(23(33)34)26-21(31)17(10-14-5-7-15(29)8-6-14)25-22(32)19(13(3)4)27-20(30)16(24)11-28/h5-8,12-13,16-19,28-29H,9-11,24H2,1-4H3,(H,25,32)(H,26,31)(H,27,30)(H,33,34). The van der Waals surface area contributed by atoms with Crippen LogP contribution in [0.5, 0.6) is 5.75 Å². The normalized spacial score (nSPS) is 14.7. The molecule has 1 aromatic carbocycles. The molecular formula is C23H36N4O7. The molecule has 0 radical (unpaired) electrons. The number of hydrogen-bond acceptors (Lipinski definition) is 7. The Balaban J connectivity index is 3.13. The second kappa shape index (κ2) is 13.5. The van der Waals surface area contributed by atoms with E-state index in [2.05, 4.69) is 16.0 Å². The van der Waals surface area contributed by atoms with E-state index in [1.54, 1.807) is 26.0 Å². The largest absolute Gasteiger partial charge is 0.508 e. The summed E-state index contributed by atoms with van der Waals surface area (Å²) in [6.07, 6.45) is 0.214. The number of aliphatic hydroxyl groups is 1. The Morgan fingerprint density at radius 1 is 0.882 bits per heavy atom. The Kier molecular flexibility index (Phi) is 11.5. The van der Waals surface area contributed by atoms with E-state index in [0.29, 0.717) is 5.56 Å². The molecule has 11 nitrogen and oxygen atoms in total. The Morgan fingerprint density at radius 3 is 1.91 bits per heavy atom. The lowest BCUT2D eigenvalue weighted by Gasteiger charge is -2.27. The monoisotopic (exact) mass is 480 g/mol. The van der Waals surface area contributed by atoms with Crippen LogP contribution in [0.1, 0.15) is 39.7 Å². The molecule has 4 atom stereocenters. The third kappa shape index (κ3) is 9.36. The van der Waals surface area contributed by atoms with Crippen LogP contribution < -0.4 is 21.7 Å². The summed E-state index contributed by atoms with van der Waals surface area (Å²) in [6.45, 7) is 6.42. The lowest BCUT2D eigenvalue weighted by atomic mass is 9.99. The molecule has 0 saturated heterocycles. The fraction of sp³-hybridized carbons (Fsp3) is 0.565. The van der Waals surface area contributed by atoms with Gasteiger partial charge in [0.25, 0.3) is 0 Å². The van der Waals surface area contributed by atoms with E-state index in [1.165, 1.54) is 12.1 Å². The lowest BCUT2D eigenvalue weighted by molar-refractivity contribution is -0.142. The molecule has 0 aliphatic rings. The van der Waals surface area contributed by atoms with Crippen LogP contribution in [-0.2, 0) is 25.6 Å². The highest BCUT2D eigenvalue weighted by Gasteiger charge is 2.32. The van der Waals surface area contributed by atoms with Crippen molar-refractivity contribution >= 4 is 23.7 Å². The zero-order valence-corrected chi connectivity index (χ0v) is 19.9. The molecule has 0 saturated carbocycles. The smallest absolute Gasteiger partial charge is 0.326 e. The third-order valence-corrected chi connectivity index (χ3v) is 5.11. The molecule has 4 unspecified atom stereocenters. The van der Waals surface area contributed by atoms with E-state index >= 15 is 0 Å². The number of aromatic hydroxyl groups is 1. The molecule has 0 fully saturated rings. The number of benzene rings is 1. The van der Waals surface area contributed by atoms with Crippen molar-refractivity contribution in [2.24, 2.45) is 17.6 Å². The Hall–Kier alpha value is -3.18. The summed E-state index contributed by atoms with van der Waals surface area (Å²) in [6, 6.07) is 1.45. The first-order valence-corrected chi connectivity index (χ1v) is 11.1. The molecule has 190 valence electrons. The van der Waals surface area contributed by atoms with Gasteiger partial charge in [0, 0.05) is 6.42 Å². The first-order valence-electron chi connectivity index (χ1n) is 11.1. The molecule has 0 bridgehead atoms. The maximum atomic E-state index is 13.0. The highest BCUT2D eigenvalue weighted by atomic mass is 16.4. The Bertz CT molecular complexity index is 842. The average Bonchev–Trinajstić information content (AvgIpc) is 2.76. The number of rotatable bonds is 13. The second-order valence-electron chi connectivity index (χ2n) is 8.98. The van der Waals surface area contributed by atoms with Gasteiger partial charge < -0.3 is 37.0 Å². The van der Waals surface area contributed by atoms with E-state index in [9.17, 15) is 29.4 Å². The highest BCUT2D eigenvalue weighted by Crippen LogP contribution is 2.13. The quantitative estimate of drug-likeness (QED) is 0.196.